The Labute approximate surface area is 163 Å². The van der Waals surface area contributed by atoms with Gasteiger partial charge in [-0.2, -0.15) is 0 Å². The van der Waals surface area contributed by atoms with Gasteiger partial charge in [-0.05, 0) is 24.6 Å². The largest absolute Gasteiger partial charge is 0.507 e. The third-order valence-corrected chi connectivity index (χ3v) is 6.81. The summed E-state index contributed by atoms with van der Waals surface area (Å²) in [5.41, 5.74) is 2.23. The van der Waals surface area contributed by atoms with Crippen molar-refractivity contribution in [3.05, 3.63) is 35.8 Å². The molecule has 2 N–H and O–H groups in total. The molecule has 142 valence electrons. The zero-order valence-corrected chi connectivity index (χ0v) is 15.4. The van der Waals surface area contributed by atoms with Crippen LogP contribution in [-0.4, -0.2) is 49.4 Å². The van der Waals surface area contributed by atoms with Gasteiger partial charge in [-0.15, -0.1) is 20.4 Å². The van der Waals surface area contributed by atoms with Gasteiger partial charge in [0.2, 0.25) is 5.88 Å². The van der Waals surface area contributed by atoms with Crippen LogP contribution in [0, 0.1) is 5.92 Å². The molecule has 2 aliphatic heterocycles. The number of hydrogen-bond donors (Lipinski definition) is 2. The maximum atomic E-state index is 15.0. The second-order valence-electron chi connectivity index (χ2n) is 7.59. The van der Waals surface area contributed by atoms with E-state index in [-0.39, 0.29) is 17.7 Å². The van der Waals surface area contributed by atoms with Gasteiger partial charge < -0.3 is 15.2 Å². The van der Waals surface area contributed by atoms with E-state index in [2.05, 4.69) is 25.7 Å². The average molecular weight is 397 g/mol. The molecule has 9 heteroatoms. The maximum absolute atomic E-state index is 15.0. The van der Waals surface area contributed by atoms with Crippen LogP contribution in [0.2, 0.25) is 0 Å². The fourth-order valence-electron chi connectivity index (χ4n) is 4.67. The lowest BCUT2D eigenvalue weighted by molar-refractivity contribution is 0.00999. The number of phenolic OH excluding ortho intramolecular Hbond substituents is 1. The number of rotatable bonds is 4. The summed E-state index contributed by atoms with van der Waals surface area (Å²) in [6.07, 6.45) is 1.08. The fourth-order valence-corrected chi connectivity index (χ4v) is 5.22. The summed E-state index contributed by atoms with van der Waals surface area (Å²) in [5.74, 6) is 0.465. The van der Waals surface area contributed by atoms with E-state index < -0.39 is 11.8 Å². The highest BCUT2D eigenvalue weighted by atomic mass is 32.1. The van der Waals surface area contributed by atoms with Gasteiger partial charge in [-0.3, -0.25) is 0 Å². The SMILES string of the molecule is Oc1cc(-c2nncs2)ccc1-c1ccc(O[C@H]2CC3CC4C(N3)[C@@]42F)nn1. The zero-order valence-electron chi connectivity index (χ0n) is 14.6. The van der Waals surface area contributed by atoms with Gasteiger partial charge in [-0.1, -0.05) is 17.4 Å². The third kappa shape index (κ3) is 2.29. The second-order valence-corrected chi connectivity index (χ2v) is 8.42. The van der Waals surface area contributed by atoms with Crippen LogP contribution in [0.4, 0.5) is 4.39 Å². The fraction of sp³-hybridized carbons (Fsp3) is 0.368. The molecule has 2 saturated carbocycles. The molecule has 7 nitrogen and oxygen atoms in total. The summed E-state index contributed by atoms with van der Waals surface area (Å²) in [5, 5.41) is 30.5. The molecule has 2 saturated heterocycles. The highest BCUT2D eigenvalue weighted by Gasteiger charge is 2.78. The van der Waals surface area contributed by atoms with Crippen LogP contribution in [0.3, 0.4) is 0 Å². The van der Waals surface area contributed by atoms with E-state index in [1.165, 1.54) is 11.3 Å². The smallest absolute Gasteiger partial charge is 0.233 e. The molecule has 28 heavy (non-hydrogen) atoms. The Kier molecular flexibility index (Phi) is 3.31. The molecule has 1 aromatic carbocycles. The molecule has 0 radical (unpaired) electrons. The molecule has 5 atom stereocenters. The Bertz CT molecular complexity index is 1030. The number of halogens is 1. The van der Waals surface area contributed by atoms with Crippen molar-refractivity contribution in [3.8, 4) is 33.5 Å². The molecule has 2 aromatic heterocycles. The minimum Gasteiger partial charge on any atom is -0.507 e. The van der Waals surface area contributed by atoms with Crippen molar-refractivity contribution < 1.29 is 14.2 Å². The summed E-state index contributed by atoms with van der Waals surface area (Å²) < 4.78 is 20.8. The van der Waals surface area contributed by atoms with Crippen molar-refractivity contribution in [3.63, 3.8) is 0 Å². The number of nitrogens with one attached hydrogen (secondary N) is 1. The lowest BCUT2D eigenvalue weighted by atomic mass is 9.90. The predicted molar refractivity (Wildman–Crippen MR) is 99.7 cm³/mol. The molecule has 2 aliphatic carbocycles. The van der Waals surface area contributed by atoms with Crippen LogP contribution in [-0.2, 0) is 0 Å². The first-order valence-corrected chi connectivity index (χ1v) is 10.1. The van der Waals surface area contributed by atoms with E-state index >= 15 is 4.39 Å². The summed E-state index contributed by atoms with van der Waals surface area (Å²) in [6, 6.07) is 8.92. The number of hydrogen-bond acceptors (Lipinski definition) is 8. The highest BCUT2D eigenvalue weighted by Crippen LogP contribution is 2.62. The van der Waals surface area contributed by atoms with E-state index in [9.17, 15) is 5.11 Å². The first kappa shape index (κ1) is 16.3. The van der Waals surface area contributed by atoms with E-state index in [1.807, 2.05) is 6.07 Å². The maximum Gasteiger partial charge on any atom is 0.233 e. The first-order chi connectivity index (χ1) is 13.6. The quantitative estimate of drug-likeness (QED) is 0.699. The predicted octanol–water partition coefficient (Wildman–Crippen LogP) is 2.59. The van der Waals surface area contributed by atoms with Crippen LogP contribution >= 0.6 is 11.3 Å². The molecule has 4 bridgehead atoms. The van der Waals surface area contributed by atoms with Gasteiger partial charge >= 0.3 is 0 Å². The van der Waals surface area contributed by atoms with Crippen LogP contribution < -0.4 is 10.1 Å². The molecule has 4 fully saturated rings. The number of fused-ring (bicyclic) bond motifs is 1. The average Bonchev–Trinajstić information content (AvgIpc) is 3.12. The van der Waals surface area contributed by atoms with Crippen LogP contribution in [0.15, 0.2) is 35.8 Å². The van der Waals surface area contributed by atoms with Gasteiger partial charge in [-0.25, -0.2) is 4.39 Å². The van der Waals surface area contributed by atoms with Gasteiger partial charge in [0.15, 0.2) is 5.67 Å². The van der Waals surface area contributed by atoms with Gasteiger partial charge in [0.1, 0.15) is 22.4 Å². The van der Waals surface area contributed by atoms with E-state index in [1.54, 1.807) is 29.8 Å². The number of ether oxygens (including phenoxy) is 1. The Morgan fingerprint density at radius 3 is 2.79 bits per heavy atom. The zero-order chi connectivity index (χ0) is 18.9. The number of aromatic nitrogens is 4. The highest BCUT2D eigenvalue weighted by molar-refractivity contribution is 7.12. The van der Waals surface area contributed by atoms with E-state index in [0.717, 1.165) is 17.0 Å². The van der Waals surface area contributed by atoms with Crippen molar-refractivity contribution in [2.75, 3.05) is 0 Å². The Morgan fingerprint density at radius 1 is 1.18 bits per heavy atom. The molecule has 7 rings (SSSR count). The molecular weight excluding hydrogens is 381 g/mol. The molecular formula is C19H16FN5O2S. The van der Waals surface area contributed by atoms with E-state index in [0.29, 0.717) is 29.6 Å². The van der Waals surface area contributed by atoms with Crippen LogP contribution in [0.1, 0.15) is 12.8 Å². The number of aromatic hydroxyl groups is 1. The van der Waals surface area contributed by atoms with Crippen LogP contribution in [0.25, 0.3) is 21.8 Å². The standard InChI is InChI=1S/C19H16FN5O2S/c20-19-12-6-10(22-17(12)19)7-15(19)27-16-4-3-13(23-24-16)11-2-1-9(5-14(11)26)18-25-21-8-28-18/h1-5,8,10,12,15,17,22,26H,6-7H2/t10?,12?,15-,17?,19+/m0/s1. The molecule has 0 amide bonds. The Hall–Kier alpha value is -2.65. The topological polar surface area (TPSA) is 93.1 Å². The summed E-state index contributed by atoms with van der Waals surface area (Å²) in [6.45, 7) is 0. The van der Waals surface area contributed by atoms with Crippen molar-refractivity contribution in [2.45, 2.75) is 36.7 Å². The molecule has 0 spiro atoms. The minimum absolute atomic E-state index is 0.0630. The lowest BCUT2D eigenvalue weighted by Crippen LogP contribution is -2.51. The molecule has 4 aliphatic rings. The van der Waals surface area contributed by atoms with E-state index in [4.69, 9.17) is 4.74 Å². The summed E-state index contributed by atoms with van der Waals surface area (Å²) in [7, 11) is 0. The van der Waals surface area contributed by atoms with Gasteiger partial charge in [0.25, 0.3) is 0 Å². The minimum atomic E-state index is -1.27. The number of benzene rings is 1. The summed E-state index contributed by atoms with van der Waals surface area (Å²) in [4.78, 5) is 0. The Morgan fingerprint density at radius 2 is 2.11 bits per heavy atom. The van der Waals surface area contributed by atoms with Gasteiger partial charge in [0, 0.05) is 35.6 Å². The van der Waals surface area contributed by atoms with Gasteiger partial charge in [0.05, 0.1) is 11.7 Å². The number of alkyl halides is 1. The summed E-state index contributed by atoms with van der Waals surface area (Å²) >= 11 is 1.40. The lowest BCUT2D eigenvalue weighted by Gasteiger charge is -2.34. The van der Waals surface area contributed by atoms with Crippen LogP contribution in [0.5, 0.6) is 11.6 Å². The molecule has 3 unspecified atom stereocenters. The van der Waals surface area contributed by atoms with Crippen molar-refractivity contribution in [1.29, 1.82) is 0 Å². The second kappa shape index (κ2) is 5.68. The molecule has 3 aromatic rings. The first-order valence-electron chi connectivity index (χ1n) is 9.18. The number of piperidine rings is 2. The van der Waals surface area contributed by atoms with Crippen molar-refractivity contribution >= 4 is 11.3 Å². The Balaban J connectivity index is 1.22. The molecule has 4 heterocycles. The third-order valence-electron chi connectivity index (χ3n) is 6.07. The number of nitrogens with zero attached hydrogens (tertiary/aromatic N) is 4. The van der Waals surface area contributed by atoms with Crippen molar-refractivity contribution in [2.24, 2.45) is 5.92 Å². The monoisotopic (exact) mass is 397 g/mol. The normalized spacial score (nSPS) is 32.3. The van der Waals surface area contributed by atoms with Crippen molar-refractivity contribution in [1.82, 2.24) is 25.7 Å². The number of phenols is 1.